The van der Waals surface area contributed by atoms with Crippen molar-refractivity contribution in [3.63, 3.8) is 0 Å². The van der Waals surface area contributed by atoms with Crippen LogP contribution in [-0.2, 0) is 9.59 Å². The molecule has 2 fully saturated rings. The van der Waals surface area contributed by atoms with Crippen molar-refractivity contribution >= 4 is 23.5 Å². The van der Waals surface area contributed by atoms with Crippen LogP contribution >= 0.6 is 0 Å². The van der Waals surface area contributed by atoms with Crippen LogP contribution in [0, 0.1) is 17.7 Å². The van der Waals surface area contributed by atoms with Crippen molar-refractivity contribution in [1.82, 2.24) is 9.80 Å². The molecule has 3 aliphatic rings. The second kappa shape index (κ2) is 10.4. The fraction of sp³-hybridized carbons (Fsp3) is 0.560. The number of primary amides is 1. The Morgan fingerprint density at radius 3 is 2.50 bits per heavy atom. The number of allylic oxidation sites excluding steroid dienone is 2. The molecule has 2 saturated heterocycles. The Kier molecular flexibility index (Phi) is 7.38. The van der Waals surface area contributed by atoms with Crippen LogP contribution in [-0.4, -0.2) is 65.1 Å². The van der Waals surface area contributed by atoms with Crippen molar-refractivity contribution in [2.24, 2.45) is 17.6 Å². The zero-order valence-electron chi connectivity index (χ0n) is 19.2. The highest BCUT2D eigenvalue weighted by Gasteiger charge is 2.36. The molecule has 34 heavy (non-hydrogen) atoms. The van der Waals surface area contributed by atoms with E-state index in [-0.39, 0.29) is 23.5 Å². The van der Waals surface area contributed by atoms with E-state index in [4.69, 9.17) is 15.6 Å². The molecule has 9 heteroatoms. The molecule has 0 saturated carbocycles. The van der Waals surface area contributed by atoms with Gasteiger partial charge in [-0.15, -0.1) is 0 Å². The second-order valence-corrected chi connectivity index (χ2v) is 9.46. The second-order valence-electron chi connectivity index (χ2n) is 9.46. The molecule has 1 aromatic carbocycles. The average Bonchev–Trinajstić information content (AvgIpc) is 3.34. The highest BCUT2D eigenvalue weighted by Crippen LogP contribution is 2.34. The molecule has 0 radical (unpaired) electrons. The molecule has 3 N–H and O–H groups in total. The summed E-state index contributed by atoms with van der Waals surface area (Å²) in [5.74, 6) is -0.665. The van der Waals surface area contributed by atoms with Crippen LogP contribution < -0.4 is 10.5 Å². The van der Waals surface area contributed by atoms with Crippen LogP contribution in [0.5, 0.6) is 5.75 Å². The third-order valence-electron chi connectivity index (χ3n) is 7.29. The summed E-state index contributed by atoms with van der Waals surface area (Å²) in [5, 5.41) is 9.03. The molecule has 2 atom stereocenters. The maximum Gasteiger partial charge on any atom is 0.407 e. The number of likely N-dealkylation sites (tertiary alicyclic amines) is 2. The van der Waals surface area contributed by atoms with Crippen molar-refractivity contribution in [2.45, 2.75) is 51.0 Å². The van der Waals surface area contributed by atoms with Crippen molar-refractivity contribution < 1.29 is 28.6 Å². The Labute approximate surface area is 198 Å². The molecule has 3 amide bonds. The van der Waals surface area contributed by atoms with Crippen LogP contribution in [0.4, 0.5) is 9.18 Å². The highest BCUT2D eigenvalue weighted by atomic mass is 19.1. The zero-order valence-corrected chi connectivity index (χ0v) is 19.2. The highest BCUT2D eigenvalue weighted by molar-refractivity contribution is 5.88. The summed E-state index contributed by atoms with van der Waals surface area (Å²) in [6.07, 6.45) is 5.80. The zero-order chi connectivity index (χ0) is 24.2. The van der Waals surface area contributed by atoms with Crippen LogP contribution in [0.3, 0.4) is 0 Å². The molecule has 1 unspecified atom stereocenters. The summed E-state index contributed by atoms with van der Waals surface area (Å²) in [7, 11) is 0. The van der Waals surface area contributed by atoms with Crippen molar-refractivity contribution in [1.29, 1.82) is 0 Å². The number of benzene rings is 1. The van der Waals surface area contributed by atoms with E-state index < -0.39 is 23.9 Å². The van der Waals surface area contributed by atoms with Gasteiger partial charge >= 0.3 is 6.09 Å². The van der Waals surface area contributed by atoms with Crippen LogP contribution in [0.2, 0.25) is 0 Å². The molecule has 2 heterocycles. The SMILES string of the molecule is NC(=O)[C@@H]1CCCN1C(=O)C1CC=C(c2ccc(OCC3CCN(C(=O)O)CC3)c(F)c2)CC1. The molecule has 0 bridgehead atoms. The molecule has 184 valence electrons. The number of ether oxygens (including phenoxy) is 1. The summed E-state index contributed by atoms with van der Waals surface area (Å²) in [4.78, 5) is 38.5. The Morgan fingerprint density at radius 1 is 1.12 bits per heavy atom. The quantitative estimate of drug-likeness (QED) is 0.659. The van der Waals surface area contributed by atoms with E-state index in [1.54, 1.807) is 11.0 Å². The Bertz CT molecular complexity index is 973. The monoisotopic (exact) mass is 473 g/mol. The van der Waals surface area contributed by atoms with Gasteiger partial charge in [0.15, 0.2) is 11.6 Å². The molecular formula is C25H32FN3O5. The van der Waals surface area contributed by atoms with E-state index in [2.05, 4.69) is 0 Å². The normalized spacial score (nSPS) is 23.5. The molecule has 0 spiro atoms. The number of nitrogens with two attached hydrogens (primary N) is 1. The predicted molar refractivity (Wildman–Crippen MR) is 123 cm³/mol. The minimum atomic E-state index is -0.903. The van der Waals surface area contributed by atoms with Crippen molar-refractivity contribution in [3.05, 3.63) is 35.7 Å². The minimum absolute atomic E-state index is 0.0132. The van der Waals surface area contributed by atoms with Gasteiger partial charge in [-0.1, -0.05) is 12.1 Å². The van der Waals surface area contributed by atoms with Gasteiger partial charge in [0.1, 0.15) is 6.04 Å². The number of rotatable bonds is 6. The van der Waals surface area contributed by atoms with Crippen LogP contribution in [0.25, 0.3) is 5.57 Å². The topological polar surface area (TPSA) is 113 Å². The molecule has 8 nitrogen and oxygen atoms in total. The standard InChI is InChI=1S/C25H32FN3O5/c26-20-14-19(7-8-22(20)34-15-16-9-12-28(13-10-16)25(32)33)17-3-5-18(6-4-17)24(31)29-11-1-2-21(29)23(27)30/h3,7-8,14,16,18,21H,1-2,4-6,9-13,15H2,(H2,27,30)(H,32,33)/t18?,21-/m0/s1. The number of hydrogen-bond donors (Lipinski definition) is 2. The van der Waals surface area contributed by atoms with Crippen molar-refractivity contribution in [2.75, 3.05) is 26.2 Å². The van der Waals surface area contributed by atoms with Gasteiger partial charge in [0.2, 0.25) is 11.8 Å². The van der Waals surface area contributed by atoms with E-state index in [0.717, 1.165) is 17.6 Å². The summed E-state index contributed by atoms with van der Waals surface area (Å²) in [6, 6.07) is 4.45. The average molecular weight is 474 g/mol. The maximum atomic E-state index is 14.7. The van der Waals surface area contributed by atoms with Gasteiger partial charge in [-0.2, -0.15) is 0 Å². The van der Waals surface area contributed by atoms with Crippen LogP contribution in [0.15, 0.2) is 24.3 Å². The lowest BCUT2D eigenvalue weighted by Crippen LogP contribution is -2.46. The number of piperidine rings is 1. The first kappa shape index (κ1) is 24.0. The van der Waals surface area contributed by atoms with Crippen molar-refractivity contribution in [3.8, 4) is 5.75 Å². The van der Waals surface area contributed by atoms with E-state index in [9.17, 15) is 18.8 Å². The number of carbonyl (C=O) groups is 3. The Morgan fingerprint density at radius 2 is 1.88 bits per heavy atom. The maximum absolute atomic E-state index is 14.7. The van der Waals surface area contributed by atoms with Gasteiger partial charge < -0.3 is 25.4 Å². The van der Waals surface area contributed by atoms with E-state index in [1.165, 1.54) is 11.0 Å². The smallest absolute Gasteiger partial charge is 0.407 e. The largest absolute Gasteiger partial charge is 0.490 e. The number of carboxylic acid groups (broad SMARTS) is 1. The first-order valence-electron chi connectivity index (χ1n) is 12.0. The summed E-state index contributed by atoms with van der Waals surface area (Å²) < 4.78 is 20.4. The fourth-order valence-electron chi connectivity index (χ4n) is 5.20. The summed E-state index contributed by atoms with van der Waals surface area (Å²) in [6.45, 7) is 1.89. The lowest BCUT2D eigenvalue weighted by atomic mass is 9.85. The first-order chi connectivity index (χ1) is 16.3. The van der Waals surface area contributed by atoms with Gasteiger partial charge in [-0.3, -0.25) is 9.59 Å². The third-order valence-corrected chi connectivity index (χ3v) is 7.29. The molecule has 1 aromatic rings. The lowest BCUT2D eigenvalue weighted by molar-refractivity contribution is -0.140. The van der Waals surface area contributed by atoms with E-state index >= 15 is 0 Å². The third kappa shape index (κ3) is 5.34. The molecule has 2 aliphatic heterocycles. The number of amides is 3. The molecule has 1 aliphatic carbocycles. The van der Waals surface area contributed by atoms with E-state index in [0.29, 0.717) is 64.8 Å². The van der Waals surface area contributed by atoms with Gasteiger partial charge in [0, 0.05) is 25.6 Å². The van der Waals surface area contributed by atoms with Gasteiger partial charge in [-0.05, 0) is 74.1 Å². The number of nitrogens with zero attached hydrogens (tertiary/aromatic N) is 2. The molecule has 0 aromatic heterocycles. The number of halogens is 1. The van der Waals surface area contributed by atoms with Gasteiger partial charge in [0.05, 0.1) is 6.61 Å². The van der Waals surface area contributed by atoms with Gasteiger partial charge in [-0.25, -0.2) is 9.18 Å². The molecule has 4 rings (SSSR count). The Hall–Kier alpha value is -3.10. The first-order valence-corrected chi connectivity index (χ1v) is 12.0. The Balaban J connectivity index is 1.31. The predicted octanol–water partition coefficient (Wildman–Crippen LogP) is 3.25. The number of carbonyl (C=O) groups excluding carboxylic acids is 2. The summed E-state index contributed by atoms with van der Waals surface area (Å²) in [5.41, 5.74) is 7.23. The fourth-order valence-corrected chi connectivity index (χ4v) is 5.20. The lowest BCUT2D eigenvalue weighted by Gasteiger charge is -2.30. The number of hydrogen-bond acceptors (Lipinski definition) is 4. The van der Waals surface area contributed by atoms with Crippen LogP contribution in [0.1, 0.15) is 50.5 Å². The van der Waals surface area contributed by atoms with E-state index in [1.807, 2.05) is 12.1 Å². The summed E-state index contributed by atoms with van der Waals surface area (Å²) >= 11 is 0. The molecular weight excluding hydrogens is 441 g/mol. The van der Waals surface area contributed by atoms with Gasteiger partial charge in [0.25, 0.3) is 0 Å². The minimum Gasteiger partial charge on any atom is -0.490 e.